The Morgan fingerprint density at radius 1 is 1.61 bits per heavy atom. The van der Waals surface area contributed by atoms with Crippen LogP contribution in [0.2, 0.25) is 0 Å². The molecule has 0 aliphatic carbocycles. The lowest BCUT2D eigenvalue weighted by atomic mass is 10.2. The van der Waals surface area contributed by atoms with Crippen LogP contribution in [0, 0.1) is 10.1 Å². The molecule has 6 nitrogen and oxygen atoms in total. The van der Waals surface area contributed by atoms with Gasteiger partial charge in [-0.15, -0.1) is 0 Å². The van der Waals surface area contributed by atoms with Crippen molar-refractivity contribution in [3.05, 3.63) is 28.3 Å². The number of anilines is 1. The quantitative estimate of drug-likeness (QED) is 0.642. The zero-order chi connectivity index (χ0) is 13.0. The molecule has 1 saturated heterocycles. The summed E-state index contributed by atoms with van der Waals surface area (Å²) in [5, 5.41) is 13.9. The van der Waals surface area contributed by atoms with Crippen molar-refractivity contribution >= 4 is 11.4 Å². The average Bonchev–Trinajstić information content (AvgIpc) is 2.89. The Bertz CT molecular complexity index is 430. The highest BCUT2D eigenvalue weighted by Gasteiger charge is 2.16. The van der Waals surface area contributed by atoms with Crippen LogP contribution in [-0.4, -0.2) is 31.3 Å². The number of nitrogens with one attached hydrogen (secondary N) is 1. The van der Waals surface area contributed by atoms with Gasteiger partial charge in [0.2, 0.25) is 0 Å². The van der Waals surface area contributed by atoms with E-state index in [-0.39, 0.29) is 11.8 Å². The lowest BCUT2D eigenvalue weighted by molar-refractivity contribution is -0.384. The molecule has 0 aromatic heterocycles. The van der Waals surface area contributed by atoms with Gasteiger partial charge in [0, 0.05) is 19.2 Å². The molecule has 1 unspecified atom stereocenters. The van der Waals surface area contributed by atoms with Gasteiger partial charge in [-0.25, -0.2) is 0 Å². The van der Waals surface area contributed by atoms with Crippen LogP contribution in [0.25, 0.3) is 0 Å². The van der Waals surface area contributed by atoms with Gasteiger partial charge >= 0.3 is 0 Å². The van der Waals surface area contributed by atoms with Gasteiger partial charge < -0.3 is 14.8 Å². The van der Waals surface area contributed by atoms with E-state index < -0.39 is 4.92 Å². The van der Waals surface area contributed by atoms with Crippen LogP contribution in [0.1, 0.15) is 12.8 Å². The minimum absolute atomic E-state index is 0.0227. The molecule has 1 aromatic rings. The van der Waals surface area contributed by atoms with E-state index in [1.54, 1.807) is 6.07 Å². The fourth-order valence-electron chi connectivity index (χ4n) is 1.97. The molecule has 1 heterocycles. The Balaban J connectivity index is 2.04. The Morgan fingerprint density at radius 3 is 3.06 bits per heavy atom. The summed E-state index contributed by atoms with van der Waals surface area (Å²) < 4.78 is 10.6. The molecule has 0 amide bonds. The summed E-state index contributed by atoms with van der Waals surface area (Å²) in [6, 6.07) is 4.53. The number of hydrogen-bond donors (Lipinski definition) is 1. The number of nitro groups is 1. The van der Waals surface area contributed by atoms with Crippen molar-refractivity contribution < 1.29 is 14.4 Å². The van der Waals surface area contributed by atoms with Gasteiger partial charge in [0.05, 0.1) is 29.9 Å². The predicted molar refractivity (Wildman–Crippen MR) is 67.1 cm³/mol. The summed E-state index contributed by atoms with van der Waals surface area (Å²) in [4.78, 5) is 10.2. The van der Waals surface area contributed by atoms with E-state index in [0.717, 1.165) is 25.1 Å². The zero-order valence-corrected chi connectivity index (χ0v) is 10.2. The van der Waals surface area contributed by atoms with Crippen LogP contribution >= 0.6 is 0 Å². The number of nitrogens with zero attached hydrogens (tertiary/aromatic N) is 1. The maximum atomic E-state index is 10.7. The van der Waals surface area contributed by atoms with Gasteiger partial charge in [0.25, 0.3) is 5.69 Å². The van der Waals surface area contributed by atoms with Gasteiger partial charge in [0.1, 0.15) is 5.75 Å². The summed E-state index contributed by atoms with van der Waals surface area (Å²) >= 11 is 0. The molecular weight excluding hydrogens is 236 g/mol. The molecule has 1 fully saturated rings. The molecule has 98 valence electrons. The number of ether oxygens (including phenoxy) is 2. The molecule has 1 aromatic carbocycles. The third kappa shape index (κ3) is 2.89. The summed E-state index contributed by atoms with van der Waals surface area (Å²) in [7, 11) is 1.50. The van der Waals surface area contributed by atoms with E-state index in [1.807, 2.05) is 0 Å². The molecule has 0 spiro atoms. The second-order valence-corrected chi connectivity index (χ2v) is 4.16. The van der Waals surface area contributed by atoms with E-state index in [9.17, 15) is 10.1 Å². The predicted octanol–water partition coefficient (Wildman–Crippen LogP) is 2.19. The lowest BCUT2D eigenvalue weighted by Gasteiger charge is -2.14. The third-order valence-corrected chi connectivity index (χ3v) is 2.94. The van der Waals surface area contributed by atoms with Crippen LogP contribution in [0.3, 0.4) is 0 Å². The summed E-state index contributed by atoms with van der Waals surface area (Å²) in [6.07, 6.45) is 2.34. The van der Waals surface area contributed by atoms with Crippen molar-refractivity contribution in [3.8, 4) is 5.75 Å². The maximum absolute atomic E-state index is 10.7. The first-order valence-corrected chi connectivity index (χ1v) is 5.88. The highest BCUT2D eigenvalue weighted by Crippen LogP contribution is 2.29. The first-order chi connectivity index (χ1) is 8.70. The second-order valence-electron chi connectivity index (χ2n) is 4.16. The van der Waals surface area contributed by atoms with E-state index in [1.165, 1.54) is 19.2 Å². The van der Waals surface area contributed by atoms with Gasteiger partial charge in [0.15, 0.2) is 0 Å². The first-order valence-electron chi connectivity index (χ1n) is 5.88. The monoisotopic (exact) mass is 252 g/mol. The molecule has 6 heteroatoms. The molecule has 18 heavy (non-hydrogen) atoms. The number of hydrogen-bond acceptors (Lipinski definition) is 5. The van der Waals surface area contributed by atoms with E-state index >= 15 is 0 Å². The number of benzene rings is 1. The van der Waals surface area contributed by atoms with Crippen LogP contribution in [0.5, 0.6) is 5.75 Å². The minimum Gasteiger partial charge on any atom is -0.494 e. The maximum Gasteiger partial charge on any atom is 0.273 e. The fraction of sp³-hybridized carbons (Fsp3) is 0.500. The molecule has 1 aliphatic rings. The first kappa shape index (κ1) is 12.6. The SMILES string of the molecule is COc1cc([N+](=O)[O-])ccc1NCC1CCCO1. The van der Waals surface area contributed by atoms with Crippen molar-refractivity contribution in [1.82, 2.24) is 0 Å². The van der Waals surface area contributed by atoms with Gasteiger partial charge in [-0.05, 0) is 18.9 Å². The van der Waals surface area contributed by atoms with E-state index in [2.05, 4.69) is 5.32 Å². The normalized spacial score (nSPS) is 18.6. The zero-order valence-electron chi connectivity index (χ0n) is 10.2. The third-order valence-electron chi connectivity index (χ3n) is 2.94. The van der Waals surface area contributed by atoms with E-state index in [4.69, 9.17) is 9.47 Å². The molecule has 2 rings (SSSR count). The van der Waals surface area contributed by atoms with Crippen LogP contribution in [0.15, 0.2) is 18.2 Å². The smallest absolute Gasteiger partial charge is 0.273 e. The summed E-state index contributed by atoms with van der Waals surface area (Å²) in [5.74, 6) is 0.474. The minimum atomic E-state index is -0.438. The second kappa shape index (κ2) is 5.68. The number of rotatable bonds is 5. The lowest BCUT2D eigenvalue weighted by Crippen LogP contribution is -2.18. The van der Waals surface area contributed by atoms with Gasteiger partial charge in [-0.2, -0.15) is 0 Å². The Hall–Kier alpha value is -1.82. The molecule has 1 aliphatic heterocycles. The van der Waals surface area contributed by atoms with Gasteiger partial charge in [-0.3, -0.25) is 10.1 Å². The topological polar surface area (TPSA) is 73.6 Å². The van der Waals surface area contributed by atoms with Crippen LogP contribution in [-0.2, 0) is 4.74 Å². The Labute approximate surface area is 105 Å². The van der Waals surface area contributed by atoms with Crippen LogP contribution < -0.4 is 10.1 Å². The van der Waals surface area contributed by atoms with Crippen LogP contribution in [0.4, 0.5) is 11.4 Å². The molecule has 1 atom stereocenters. The molecule has 0 saturated carbocycles. The van der Waals surface area contributed by atoms with E-state index in [0.29, 0.717) is 12.3 Å². The average molecular weight is 252 g/mol. The van der Waals surface area contributed by atoms with Crippen molar-refractivity contribution in [2.45, 2.75) is 18.9 Å². The standard InChI is InChI=1S/C12H16N2O4/c1-17-12-7-9(14(15)16)4-5-11(12)13-8-10-3-2-6-18-10/h4-5,7,10,13H,2-3,6,8H2,1H3. The summed E-state index contributed by atoms with van der Waals surface area (Å²) in [5.41, 5.74) is 0.771. The fourth-order valence-corrected chi connectivity index (χ4v) is 1.97. The summed E-state index contributed by atoms with van der Waals surface area (Å²) in [6.45, 7) is 1.50. The Kier molecular flexibility index (Phi) is 3.99. The highest BCUT2D eigenvalue weighted by atomic mass is 16.6. The van der Waals surface area contributed by atoms with Gasteiger partial charge in [-0.1, -0.05) is 0 Å². The van der Waals surface area contributed by atoms with Crippen molar-refractivity contribution in [1.29, 1.82) is 0 Å². The molecule has 0 radical (unpaired) electrons. The Morgan fingerprint density at radius 2 is 2.44 bits per heavy atom. The van der Waals surface area contributed by atoms with Crippen molar-refractivity contribution in [3.63, 3.8) is 0 Å². The van der Waals surface area contributed by atoms with Crippen molar-refractivity contribution in [2.24, 2.45) is 0 Å². The highest BCUT2D eigenvalue weighted by molar-refractivity contribution is 5.60. The molecule has 0 bridgehead atoms. The largest absolute Gasteiger partial charge is 0.494 e. The molecule has 1 N–H and O–H groups in total. The number of non-ortho nitro benzene ring substituents is 1. The molecular formula is C12H16N2O4. The van der Waals surface area contributed by atoms with Crippen molar-refractivity contribution in [2.75, 3.05) is 25.6 Å². The number of nitro benzene ring substituents is 1. The number of methoxy groups -OCH3 is 1.